The van der Waals surface area contributed by atoms with Gasteiger partial charge in [-0.25, -0.2) is 0 Å². The minimum Gasteiger partial charge on any atom is -0.373 e. The van der Waals surface area contributed by atoms with Crippen molar-refractivity contribution < 1.29 is 4.74 Å². The molecule has 0 spiro atoms. The zero-order chi connectivity index (χ0) is 10.8. The van der Waals surface area contributed by atoms with Gasteiger partial charge in [0.1, 0.15) is 0 Å². The number of hydrogen-bond donors (Lipinski definition) is 0. The van der Waals surface area contributed by atoms with Crippen molar-refractivity contribution in [2.24, 2.45) is 0 Å². The minimum atomic E-state index is 0.475. The first-order valence-corrected chi connectivity index (χ1v) is 5.68. The molecular formula is C15H14O. The lowest BCUT2D eigenvalue weighted by Gasteiger charge is -2.03. The number of ether oxygens (including phenoxy) is 1. The van der Waals surface area contributed by atoms with Crippen LogP contribution in [0.2, 0.25) is 0 Å². The molecule has 0 bridgehead atoms. The second-order valence-electron chi connectivity index (χ2n) is 4.22. The molecule has 0 aliphatic carbocycles. The third kappa shape index (κ3) is 2.15. The van der Waals surface area contributed by atoms with E-state index >= 15 is 0 Å². The van der Waals surface area contributed by atoms with Crippen molar-refractivity contribution in [1.82, 2.24) is 0 Å². The molecule has 16 heavy (non-hydrogen) atoms. The van der Waals surface area contributed by atoms with Crippen LogP contribution in [-0.2, 0) is 11.2 Å². The second kappa shape index (κ2) is 4.11. The van der Waals surface area contributed by atoms with Crippen molar-refractivity contribution in [3.63, 3.8) is 0 Å². The van der Waals surface area contributed by atoms with Gasteiger partial charge in [-0.2, -0.15) is 0 Å². The van der Waals surface area contributed by atoms with Gasteiger partial charge in [0.05, 0.1) is 12.7 Å². The summed E-state index contributed by atoms with van der Waals surface area (Å²) >= 11 is 0. The summed E-state index contributed by atoms with van der Waals surface area (Å²) in [5.74, 6) is 0. The van der Waals surface area contributed by atoms with Crippen molar-refractivity contribution in [2.75, 3.05) is 6.61 Å². The summed E-state index contributed by atoms with van der Waals surface area (Å²) < 4.78 is 5.23. The van der Waals surface area contributed by atoms with E-state index in [0.29, 0.717) is 6.10 Å². The molecule has 1 atom stereocenters. The summed E-state index contributed by atoms with van der Waals surface area (Å²) in [5.41, 5.74) is 3.92. The van der Waals surface area contributed by atoms with Crippen molar-refractivity contribution in [3.8, 4) is 11.1 Å². The Morgan fingerprint density at radius 2 is 1.50 bits per heavy atom. The third-order valence-corrected chi connectivity index (χ3v) is 2.93. The zero-order valence-corrected chi connectivity index (χ0v) is 9.10. The van der Waals surface area contributed by atoms with Gasteiger partial charge in [-0.15, -0.1) is 0 Å². The first-order valence-electron chi connectivity index (χ1n) is 5.68. The Kier molecular flexibility index (Phi) is 2.47. The van der Waals surface area contributed by atoms with E-state index in [1.165, 1.54) is 16.7 Å². The quantitative estimate of drug-likeness (QED) is 0.708. The van der Waals surface area contributed by atoms with Gasteiger partial charge in [0.25, 0.3) is 0 Å². The van der Waals surface area contributed by atoms with Gasteiger partial charge in [-0.1, -0.05) is 54.6 Å². The van der Waals surface area contributed by atoms with Gasteiger partial charge in [-0.3, -0.25) is 0 Å². The molecule has 80 valence electrons. The zero-order valence-electron chi connectivity index (χ0n) is 9.10. The molecule has 0 unspecified atom stereocenters. The van der Waals surface area contributed by atoms with Crippen LogP contribution in [0, 0.1) is 0 Å². The molecule has 3 rings (SSSR count). The van der Waals surface area contributed by atoms with Gasteiger partial charge in [0, 0.05) is 6.42 Å². The molecule has 1 heterocycles. The standard InChI is InChI=1S/C15H14O/c1-2-4-13(5-3-1)14-8-6-12(7-9-14)10-15-11-16-15/h1-9,15H,10-11H2/t15-/m0/s1. The normalized spacial score (nSPS) is 18.4. The van der Waals surface area contributed by atoms with Crippen LogP contribution in [0.15, 0.2) is 54.6 Å². The Balaban J connectivity index is 1.81. The van der Waals surface area contributed by atoms with Crippen LogP contribution in [0.1, 0.15) is 5.56 Å². The molecule has 0 radical (unpaired) electrons. The molecule has 1 nitrogen and oxygen atoms in total. The lowest BCUT2D eigenvalue weighted by Crippen LogP contribution is -1.92. The summed E-state index contributed by atoms with van der Waals surface area (Å²) in [6.07, 6.45) is 1.53. The van der Waals surface area contributed by atoms with Crippen LogP contribution in [0.3, 0.4) is 0 Å². The lowest BCUT2D eigenvalue weighted by molar-refractivity contribution is 0.407. The van der Waals surface area contributed by atoms with E-state index in [1.54, 1.807) is 0 Å². The van der Waals surface area contributed by atoms with E-state index < -0.39 is 0 Å². The summed E-state index contributed by atoms with van der Waals surface area (Å²) in [6, 6.07) is 19.2. The highest BCUT2D eigenvalue weighted by molar-refractivity contribution is 5.63. The highest BCUT2D eigenvalue weighted by atomic mass is 16.6. The fraction of sp³-hybridized carbons (Fsp3) is 0.200. The Labute approximate surface area is 95.7 Å². The van der Waals surface area contributed by atoms with Crippen molar-refractivity contribution in [1.29, 1.82) is 0 Å². The third-order valence-electron chi connectivity index (χ3n) is 2.93. The molecule has 0 amide bonds. The van der Waals surface area contributed by atoms with Crippen molar-refractivity contribution >= 4 is 0 Å². The molecular weight excluding hydrogens is 196 g/mol. The first kappa shape index (κ1) is 9.61. The number of epoxide rings is 1. The Morgan fingerprint density at radius 3 is 2.12 bits per heavy atom. The summed E-state index contributed by atoms with van der Waals surface area (Å²) in [5, 5.41) is 0. The molecule has 1 aliphatic heterocycles. The van der Waals surface area contributed by atoms with E-state index in [4.69, 9.17) is 4.74 Å². The van der Waals surface area contributed by atoms with Gasteiger partial charge < -0.3 is 4.74 Å². The molecule has 2 aromatic carbocycles. The van der Waals surface area contributed by atoms with Gasteiger partial charge >= 0.3 is 0 Å². The van der Waals surface area contributed by atoms with Crippen LogP contribution in [0.25, 0.3) is 11.1 Å². The number of benzene rings is 2. The highest BCUT2D eigenvalue weighted by Crippen LogP contribution is 2.21. The van der Waals surface area contributed by atoms with Crippen LogP contribution in [-0.4, -0.2) is 12.7 Å². The van der Waals surface area contributed by atoms with E-state index in [-0.39, 0.29) is 0 Å². The van der Waals surface area contributed by atoms with Gasteiger partial charge in [-0.05, 0) is 16.7 Å². The fourth-order valence-electron chi connectivity index (χ4n) is 1.91. The van der Waals surface area contributed by atoms with Crippen molar-refractivity contribution in [2.45, 2.75) is 12.5 Å². The summed E-state index contributed by atoms with van der Waals surface area (Å²) in [7, 11) is 0. The largest absolute Gasteiger partial charge is 0.373 e. The maximum absolute atomic E-state index is 5.23. The molecule has 1 saturated heterocycles. The molecule has 0 saturated carbocycles. The maximum Gasteiger partial charge on any atom is 0.0850 e. The molecule has 0 N–H and O–H groups in total. The van der Waals surface area contributed by atoms with Crippen LogP contribution >= 0.6 is 0 Å². The summed E-state index contributed by atoms with van der Waals surface area (Å²) in [6.45, 7) is 0.931. The lowest BCUT2D eigenvalue weighted by atomic mass is 10.0. The topological polar surface area (TPSA) is 12.5 Å². The van der Waals surface area contributed by atoms with Gasteiger partial charge in [0.2, 0.25) is 0 Å². The number of hydrogen-bond acceptors (Lipinski definition) is 1. The highest BCUT2D eigenvalue weighted by Gasteiger charge is 2.22. The molecule has 1 heteroatoms. The first-order chi connectivity index (χ1) is 7.92. The second-order valence-corrected chi connectivity index (χ2v) is 4.22. The van der Waals surface area contributed by atoms with E-state index in [9.17, 15) is 0 Å². The average molecular weight is 210 g/mol. The van der Waals surface area contributed by atoms with Crippen LogP contribution in [0.4, 0.5) is 0 Å². The monoisotopic (exact) mass is 210 g/mol. The fourth-order valence-corrected chi connectivity index (χ4v) is 1.91. The maximum atomic E-state index is 5.23. The molecule has 2 aromatic rings. The summed E-state index contributed by atoms with van der Waals surface area (Å²) in [4.78, 5) is 0. The smallest absolute Gasteiger partial charge is 0.0850 e. The SMILES string of the molecule is c1ccc(-c2ccc(C[C@H]3CO3)cc2)cc1. The Hall–Kier alpha value is -1.60. The van der Waals surface area contributed by atoms with E-state index in [1.807, 2.05) is 6.07 Å². The predicted octanol–water partition coefficient (Wildman–Crippen LogP) is 3.29. The average Bonchev–Trinajstić information content (AvgIpc) is 3.15. The molecule has 1 fully saturated rings. The minimum absolute atomic E-state index is 0.475. The van der Waals surface area contributed by atoms with E-state index in [2.05, 4.69) is 48.5 Å². The van der Waals surface area contributed by atoms with Gasteiger partial charge in [0.15, 0.2) is 0 Å². The van der Waals surface area contributed by atoms with Crippen molar-refractivity contribution in [3.05, 3.63) is 60.2 Å². The van der Waals surface area contributed by atoms with Crippen LogP contribution in [0.5, 0.6) is 0 Å². The molecule has 0 aromatic heterocycles. The Bertz CT molecular complexity index is 455. The van der Waals surface area contributed by atoms with Crippen LogP contribution < -0.4 is 0 Å². The van der Waals surface area contributed by atoms with E-state index in [0.717, 1.165) is 13.0 Å². The number of rotatable bonds is 3. The molecule has 1 aliphatic rings. The predicted molar refractivity (Wildman–Crippen MR) is 65.3 cm³/mol. The Morgan fingerprint density at radius 1 is 0.875 bits per heavy atom.